The molecule has 0 aliphatic carbocycles. The van der Waals surface area contributed by atoms with Crippen molar-refractivity contribution in [1.29, 1.82) is 0 Å². The van der Waals surface area contributed by atoms with Gasteiger partial charge in [-0.15, -0.1) is 12.4 Å². The molecular weight excluding hydrogens is 313 g/mol. The molecule has 0 atom stereocenters. The van der Waals surface area contributed by atoms with Gasteiger partial charge in [-0.05, 0) is 11.6 Å². The molecule has 118 valence electrons. The Balaban J connectivity index is 0.00000400. The summed E-state index contributed by atoms with van der Waals surface area (Å²) < 4.78 is 0. The Morgan fingerprint density at radius 2 is 1.81 bits per heavy atom. The minimum absolute atomic E-state index is 0. The van der Waals surface area contributed by atoms with Crippen LogP contribution in [0.5, 0.6) is 0 Å². The van der Waals surface area contributed by atoms with E-state index in [0.717, 1.165) is 5.56 Å². The fourth-order valence-corrected chi connectivity index (χ4v) is 2.13. The lowest BCUT2D eigenvalue weighted by Gasteiger charge is -2.26. The van der Waals surface area contributed by atoms with Gasteiger partial charge in [0.25, 0.3) is 0 Å². The maximum atomic E-state index is 11.6. The molecule has 7 heteroatoms. The van der Waals surface area contributed by atoms with E-state index in [1.807, 2.05) is 38.1 Å². The summed E-state index contributed by atoms with van der Waals surface area (Å²) in [6.45, 7) is 4.21. The van der Waals surface area contributed by atoms with Crippen molar-refractivity contribution in [2.75, 3.05) is 19.6 Å². The normalized spacial score (nSPS) is 10.5. The zero-order chi connectivity index (χ0) is 15.2. The summed E-state index contributed by atoms with van der Waals surface area (Å²) in [4.78, 5) is 22.6. The zero-order valence-corrected chi connectivity index (χ0v) is 13.7. The summed E-state index contributed by atoms with van der Waals surface area (Å²) in [7, 11) is 0. The highest BCUT2D eigenvalue weighted by molar-refractivity contribution is 6.31. The Kier molecular flexibility index (Phi) is 8.32. The molecule has 1 rings (SSSR count). The molecule has 0 aliphatic rings. The summed E-state index contributed by atoms with van der Waals surface area (Å²) in [5.74, 6) is -0.613. The minimum Gasteiger partial charge on any atom is -0.354 e. The van der Waals surface area contributed by atoms with Gasteiger partial charge < -0.3 is 16.4 Å². The van der Waals surface area contributed by atoms with Crippen LogP contribution in [0.3, 0.4) is 0 Å². The average Bonchev–Trinajstić information content (AvgIpc) is 2.42. The molecule has 0 saturated carbocycles. The quantitative estimate of drug-likeness (QED) is 0.732. The molecule has 1 aromatic rings. The number of hydrogen-bond acceptors (Lipinski definition) is 3. The van der Waals surface area contributed by atoms with E-state index < -0.39 is 0 Å². The fourth-order valence-electron chi connectivity index (χ4n) is 1.74. The first kappa shape index (κ1) is 19.7. The predicted molar refractivity (Wildman–Crippen MR) is 86.8 cm³/mol. The molecule has 0 unspecified atom stereocenters. The molecule has 0 spiro atoms. The summed E-state index contributed by atoms with van der Waals surface area (Å²) in [5.41, 5.74) is 5.80. The maximum Gasteiger partial charge on any atom is 0.239 e. The van der Waals surface area contributed by atoms with Crippen molar-refractivity contribution in [3.63, 3.8) is 0 Å². The van der Waals surface area contributed by atoms with Crippen LogP contribution in [0.1, 0.15) is 19.4 Å². The number of carbonyl (C=O) groups is 2. The molecule has 0 heterocycles. The second kappa shape index (κ2) is 8.87. The SMILES string of the molecule is CC(C)(CNC(=O)CNC(=O)CN)c1ccccc1Cl.Cl. The standard InChI is InChI=1S/C14H20ClN3O2.ClH/c1-14(2,10-5-3-4-6-11(10)15)9-18-13(20)8-17-12(19)7-16;/h3-6H,7-9,16H2,1-2H3,(H,17,19)(H,18,20);1H. The van der Waals surface area contributed by atoms with Crippen molar-refractivity contribution >= 4 is 35.8 Å². The van der Waals surface area contributed by atoms with Crippen LogP contribution in [-0.4, -0.2) is 31.4 Å². The van der Waals surface area contributed by atoms with Gasteiger partial charge >= 0.3 is 0 Å². The van der Waals surface area contributed by atoms with Gasteiger partial charge in [0.05, 0.1) is 13.1 Å². The molecule has 1 aromatic carbocycles. The van der Waals surface area contributed by atoms with Crippen LogP contribution in [0.25, 0.3) is 0 Å². The van der Waals surface area contributed by atoms with E-state index in [-0.39, 0.29) is 42.7 Å². The number of halogens is 2. The van der Waals surface area contributed by atoms with Crippen LogP contribution < -0.4 is 16.4 Å². The van der Waals surface area contributed by atoms with Gasteiger partial charge in [-0.3, -0.25) is 9.59 Å². The van der Waals surface area contributed by atoms with E-state index in [1.165, 1.54) is 0 Å². The number of nitrogens with one attached hydrogen (secondary N) is 2. The molecule has 21 heavy (non-hydrogen) atoms. The largest absolute Gasteiger partial charge is 0.354 e. The van der Waals surface area contributed by atoms with Gasteiger partial charge in [0.1, 0.15) is 0 Å². The third-order valence-corrected chi connectivity index (χ3v) is 3.29. The average molecular weight is 334 g/mol. The monoisotopic (exact) mass is 333 g/mol. The van der Waals surface area contributed by atoms with Crippen LogP contribution in [0.4, 0.5) is 0 Å². The number of rotatable bonds is 6. The third-order valence-electron chi connectivity index (χ3n) is 2.96. The van der Waals surface area contributed by atoms with Crippen molar-refractivity contribution in [1.82, 2.24) is 10.6 Å². The van der Waals surface area contributed by atoms with Crippen molar-refractivity contribution in [3.8, 4) is 0 Å². The second-order valence-electron chi connectivity index (χ2n) is 5.12. The number of hydrogen-bond donors (Lipinski definition) is 3. The lowest BCUT2D eigenvalue weighted by molar-refractivity contribution is -0.125. The lowest BCUT2D eigenvalue weighted by Crippen LogP contribution is -2.43. The van der Waals surface area contributed by atoms with Crippen molar-refractivity contribution in [3.05, 3.63) is 34.9 Å². The minimum atomic E-state index is -0.356. The van der Waals surface area contributed by atoms with Gasteiger partial charge in [0.15, 0.2) is 0 Å². The van der Waals surface area contributed by atoms with Crippen molar-refractivity contribution in [2.45, 2.75) is 19.3 Å². The first-order valence-corrected chi connectivity index (χ1v) is 6.73. The summed E-state index contributed by atoms with van der Waals surface area (Å²) >= 11 is 6.16. The van der Waals surface area contributed by atoms with Crippen LogP contribution in [0, 0.1) is 0 Å². The van der Waals surface area contributed by atoms with E-state index in [2.05, 4.69) is 10.6 Å². The Bertz CT molecular complexity index is 493. The Hall–Kier alpha value is -1.30. The molecule has 0 aliphatic heterocycles. The molecule has 0 fully saturated rings. The highest BCUT2D eigenvalue weighted by Gasteiger charge is 2.23. The molecule has 2 amide bonds. The van der Waals surface area contributed by atoms with E-state index >= 15 is 0 Å². The first-order chi connectivity index (χ1) is 9.36. The summed E-state index contributed by atoms with van der Waals surface area (Å²) in [6, 6.07) is 7.53. The molecule has 5 nitrogen and oxygen atoms in total. The van der Waals surface area contributed by atoms with Crippen LogP contribution in [0.15, 0.2) is 24.3 Å². The summed E-state index contributed by atoms with van der Waals surface area (Å²) in [6.07, 6.45) is 0. The van der Waals surface area contributed by atoms with Gasteiger partial charge in [-0.2, -0.15) is 0 Å². The van der Waals surface area contributed by atoms with Crippen LogP contribution in [0.2, 0.25) is 5.02 Å². The Labute approximate surface area is 136 Å². The van der Waals surface area contributed by atoms with Gasteiger partial charge in [-0.1, -0.05) is 43.6 Å². The van der Waals surface area contributed by atoms with Crippen LogP contribution >= 0.6 is 24.0 Å². The molecular formula is C14H21Cl2N3O2. The summed E-state index contributed by atoms with van der Waals surface area (Å²) in [5, 5.41) is 5.86. The van der Waals surface area contributed by atoms with E-state index in [0.29, 0.717) is 11.6 Å². The van der Waals surface area contributed by atoms with Gasteiger partial charge in [-0.25, -0.2) is 0 Å². The molecule has 0 bridgehead atoms. The molecule has 0 radical (unpaired) electrons. The lowest BCUT2D eigenvalue weighted by atomic mass is 9.84. The number of carbonyl (C=O) groups excluding carboxylic acids is 2. The maximum absolute atomic E-state index is 11.6. The molecule has 0 aromatic heterocycles. The van der Waals surface area contributed by atoms with E-state index in [4.69, 9.17) is 17.3 Å². The third kappa shape index (κ3) is 6.33. The van der Waals surface area contributed by atoms with Crippen molar-refractivity contribution in [2.24, 2.45) is 5.73 Å². The van der Waals surface area contributed by atoms with Crippen molar-refractivity contribution < 1.29 is 9.59 Å². The number of benzene rings is 1. The van der Waals surface area contributed by atoms with Gasteiger partial charge in [0, 0.05) is 17.0 Å². The predicted octanol–water partition coefficient (Wildman–Crippen LogP) is 1.23. The first-order valence-electron chi connectivity index (χ1n) is 6.35. The fraction of sp³-hybridized carbons (Fsp3) is 0.429. The Morgan fingerprint density at radius 1 is 1.19 bits per heavy atom. The zero-order valence-electron chi connectivity index (χ0n) is 12.1. The van der Waals surface area contributed by atoms with Crippen LogP contribution in [-0.2, 0) is 15.0 Å². The smallest absolute Gasteiger partial charge is 0.239 e. The highest BCUT2D eigenvalue weighted by Crippen LogP contribution is 2.28. The highest BCUT2D eigenvalue weighted by atomic mass is 35.5. The molecule has 0 saturated heterocycles. The topological polar surface area (TPSA) is 84.2 Å². The number of amides is 2. The van der Waals surface area contributed by atoms with E-state index in [1.54, 1.807) is 0 Å². The molecule has 4 N–H and O–H groups in total. The second-order valence-corrected chi connectivity index (χ2v) is 5.53. The Morgan fingerprint density at radius 3 is 2.38 bits per heavy atom. The van der Waals surface area contributed by atoms with E-state index in [9.17, 15) is 9.59 Å². The number of nitrogens with two attached hydrogens (primary N) is 1. The van der Waals surface area contributed by atoms with Gasteiger partial charge in [0.2, 0.25) is 11.8 Å².